The molecule has 1 aliphatic carbocycles. The van der Waals surface area contributed by atoms with Gasteiger partial charge >= 0.3 is 5.91 Å². The lowest BCUT2D eigenvalue weighted by molar-refractivity contribution is 0.0929. The molecule has 0 spiro atoms. The Bertz CT molecular complexity index is 1290. The molecular weight excluding hydrogens is 394 g/mol. The first-order valence-electron chi connectivity index (χ1n) is 10.5. The lowest BCUT2D eigenvalue weighted by Crippen LogP contribution is -2.17. The summed E-state index contributed by atoms with van der Waals surface area (Å²) < 4.78 is 6.90. The number of hydrogen-bond acceptors (Lipinski definition) is 5. The Balaban J connectivity index is 1.52. The van der Waals surface area contributed by atoms with E-state index in [1.165, 1.54) is 61.5 Å². The van der Waals surface area contributed by atoms with Gasteiger partial charge in [-0.1, -0.05) is 43.5 Å². The first-order chi connectivity index (χ1) is 15.1. The molecule has 1 fully saturated rings. The molecule has 3 heterocycles. The number of amides is 1. The van der Waals surface area contributed by atoms with Crippen molar-refractivity contribution in [2.45, 2.75) is 38.0 Å². The first-order valence-corrected chi connectivity index (χ1v) is 10.5. The van der Waals surface area contributed by atoms with Gasteiger partial charge in [-0.15, -0.1) is 0 Å². The third-order valence-corrected chi connectivity index (χ3v) is 5.97. The highest BCUT2D eigenvalue weighted by atomic mass is 16.4. The van der Waals surface area contributed by atoms with E-state index in [9.17, 15) is 9.59 Å². The van der Waals surface area contributed by atoms with E-state index in [0.717, 1.165) is 5.56 Å². The van der Waals surface area contributed by atoms with E-state index in [1.807, 2.05) is 12.1 Å². The van der Waals surface area contributed by atoms with Crippen LogP contribution >= 0.6 is 0 Å². The van der Waals surface area contributed by atoms with Gasteiger partial charge in [0.25, 0.3) is 11.4 Å². The Morgan fingerprint density at radius 3 is 2.71 bits per heavy atom. The number of carbonyl (C=O) groups is 1. The molecule has 158 valence electrons. The molecule has 0 saturated heterocycles. The second-order valence-electron chi connectivity index (χ2n) is 7.89. The van der Waals surface area contributed by atoms with Crippen LogP contribution in [0.3, 0.4) is 0 Å². The Kier molecular flexibility index (Phi) is 4.89. The topological polar surface area (TPSA) is 105 Å². The van der Waals surface area contributed by atoms with Crippen LogP contribution in [-0.2, 0) is 0 Å². The van der Waals surface area contributed by atoms with Crippen LogP contribution in [0, 0.1) is 0 Å². The van der Waals surface area contributed by atoms with E-state index < -0.39 is 5.91 Å². The monoisotopic (exact) mass is 417 g/mol. The summed E-state index contributed by atoms with van der Waals surface area (Å²) in [5.74, 6) is 0.513. The van der Waals surface area contributed by atoms with Crippen LogP contribution in [0.5, 0.6) is 0 Å². The fourth-order valence-corrected chi connectivity index (χ4v) is 4.28. The number of aromatic nitrogens is 4. The van der Waals surface area contributed by atoms with E-state index in [2.05, 4.69) is 27.5 Å². The minimum Gasteiger partial charge on any atom is -0.432 e. The second kappa shape index (κ2) is 7.86. The van der Waals surface area contributed by atoms with Gasteiger partial charge in [0.1, 0.15) is 0 Å². The van der Waals surface area contributed by atoms with E-state index in [-0.39, 0.29) is 11.4 Å². The van der Waals surface area contributed by atoms with Gasteiger partial charge in [-0.25, -0.2) is 14.5 Å². The highest BCUT2D eigenvalue weighted by molar-refractivity contribution is 5.90. The third kappa shape index (κ3) is 3.54. The molecule has 31 heavy (non-hydrogen) atoms. The SMILES string of the molecule is CNC(=O)c1ncc(-c2c[nH]n3c(=O)cc(-c4ccc(C5CCCCC5)cc4)nc23)o1. The largest absolute Gasteiger partial charge is 0.432 e. The minimum atomic E-state index is -0.421. The molecule has 8 nitrogen and oxygen atoms in total. The zero-order valence-corrected chi connectivity index (χ0v) is 17.2. The Morgan fingerprint density at radius 1 is 1.19 bits per heavy atom. The molecule has 3 aromatic heterocycles. The zero-order chi connectivity index (χ0) is 21.4. The van der Waals surface area contributed by atoms with Crippen molar-refractivity contribution in [1.29, 1.82) is 0 Å². The molecule has 1 aromatic carbocycles. The molecule has 0 bridgehead atoms. The molecular formula is C23H23N5O3. The normalized spacial score (nSPS) is 14.7. The quantitative estimate of drug-likeness (QED) is 0.526. The third-order valence-electron chi connectivity index (χ3n) is 5.97. The van der Waals surface area contributed by atoms with Gasteiger partial charge in [0.05, 0.1) is 17.5 Å². The average molecular weight is 417 g/mol. The number of nitrogens with zero attached hydrogens (tertiary/aromatic N) is 3. The average Bonchev–Trinajstić information content (AvgIpc) is 3.47. The van der Waals surface area contributed by atoms with E-state index in [1.54, 1.807) is 6.20 Å². The van der Waals surface area contributed by atoms with Crippen LogP contribution in [0.4, 0.5) is 0 Å². The molecule has 8 heteroatoms. The van der Waals surface area contributed by atoms with Crippen LogP contribution in [0.1, 0.15) is 54.3 Å². The van der Waals surface area contributed by atoms with Crippen molar-refractivity contribution in [1.82, 2.24) is 24.9 Å². The molecule has 1 aliphatic rings. The predicted molar refractivity (Wildman–Crippen MR) is 116 cm³/mol. The smallest absolute Gasteiger partial charge is 0.306 e. The number of oxazole rings is 1. The van der Waals surface area contributed by atoms with Gasteiger partial charge in [-0.3, -0.25) is 14.7 Å². The lowest BCUT2D eigenvalue weighted by Gasteiger charge is -2.22. The molecule has 2 N–H and O–H groups in total. The molecule has 0 aliphatic heterocycles. The standard InChI is InChI=1S/C23H23N5O3/c1-24-22(30)23-25-13-19(31-23)17-12-26-28-20(29)11-18(27-21(17)28)16-9-7-15(8-10-16)14-5-3-2-4-6-14/h7-14,26H,2-6H2,1H3,(H,24,30). The van der Waals surface area contributed by atoms with Gasteiger partial charge in [-0.05, 0) is 24.3 Å². The lowest BCUT2D eigenvalue weighted by atomic mass is 9.84. The van der Waals surface area contributed by atoms with Crippen LogP contribution in [0.15, 0.2) is 51.9 Å². The van der Waals surface area contributed by atoms with Crippen molar-refractivity contribution in [3.05, 3.63) is 64.5 Å². The van der Waals surface area contributed by atoms with E-state index >= 15 is 0 Å². The van der Waals surface area contributed by atoms with E-state index in [4.69, 9.17) is 9.40 Å². The van der Waals surface area contributed by atoms with Crippen molar-refractivity contribution in [2.75, 3.05) is 7.05 Å². The summed E-state index contributed by atoms with van der Waals surface area (Å²) >= 11 is 0. The van der Waals surface area contributed by atoms with Crippen molar-refractivity contribution in [3.8, 4) is 22.6 Å². The summed E-state index contributed by atoms with van der Waals surface area (Å²) in [6.45, 7) is 0. The van der Waals surface area contributed by atoms with Gasteiger partial charge in [0.15, 0.2) is 11.4 Å². The summed E-state index contributed by atoms with van der Waals surface area (Å²) in [4.78, 5) is 33.1. The Morgan fingerprint density at radius 2 is 1.97 bits per heavy atom. The van der Waals surface area contributed by atoms with E-state index in [0.29, 0.717) is 28.6 Å². The highest BCUT2D eigenvalue weighted by Gasteiger charge is 2.19. The number of benzene rings is 1. The van der Waals surface area contributed by atoms with Crippen LogP contribution in [0.25, 0.3) is 28.2 Å². The van der Waals surface area contributed by atoms with Crippen LogP contribution in [-0.4, -0.2) is 32.5 Å². The van der Waals surface area contributed by atoms with Crippen molar-refractivity contribution in [3.63, 3.8) is 0 Å². The predicted octanol–water partition coefficient (Wildman–Crippen LogP) is 3.75. The Labute approximate surface area is 178 Å². The summed E-state index contributed by atoms with van der Waals surface area (Å²) in [6.07, 6.45) is 9.47. The summed E-state index contributed by atoms with van der Waals surface area (Å²) in [6, 6.07) is 9.89. The van der Waals surface area contributed by atoms with Crippen LogP contribution in [0.2, 0.25) is 0 Å². The van der Waals surface area contributed by atoms with Gasteiger partial charge in [0, 0.05) is 24.9 Å². The molecule has 1 saturated carbocycles. The number of rotatable bonds is 4. The molecule has 5 rings (SSSR count). The maximum atomic E-state index is 12.7. The number of nitrogens with one attached hydrogen (secondary N) is 2. The minimum absolute atomic E-state index is 0.0475. The number of carbonyl (C=O) groups excluding carboxylic acids is 1. The van der Waals surface area contributed by atoms with Crippen molar-refractivity contribution in [2.24, 2.45) is 0 Å². The van der Waals surface area contributed by atoms with Gasteiger partial charge < -0.3 is 9.73 Å². The molecule has 0 unspecified atom stereocenters. The maximum Gasteiger partial charge on any atom is 0.306 e. The highest BCUT2D eigenvalue weighted by Crippen LogP contribution is 2.33. The van der Waals surface area contributed by atoms with Crippen molar-refractivity contribution < 1.29 is 9.21 Å². The number of fused-ring (bicyclic) bond motifs is 1. The Hall–Kier alpha value is -3.68. The second-order valence-corrected chi connectivity index (χ2v) is 7.89. The van der Waals surface area contributed by atoms with Gasteiger partial charge in [-0.2, -0.15) is 0 Å². The maximum absolute atomic E-state index is 12.7. The first kappa shape index (κ1) is 19.3. The molecule has 4 aromatic rings. The summed E-state index contributed by atoms with van der Waals surface area (Å²) in [5, 5.41) is 5.36. The molecule has 0 atom stereocenters. The zero-order valence-electron chi connectivity index (χ0n) is 17.2. The number of H-pyrrole nitrogens is 1. The fourth-order valence-electron chi connectivity index (χ4n) is 4.28. The summed E-state index contributed by atoms with van der Waals surface area (Å²) in [5.41, 5.74) is 3.57. The molecule has 1 amide bonds. The number of aromatic amines is 1. The summed E-state index contributed by atoms with van der Waals surface area (Å²) in [7, 11) is 1.50. The number of hydrogen-bond donors (Lipinski definition) is 2. The van der Waals surface area contributed by atoms with Crippen molar-refractivity contribution >= 4 is 11.6 Å². The van der Waals surface area contributed by atoms with Gasteiger partial charge in [0.2, 0.25) is 0 Å². The fraction of sp³-hybridized carbons (Fsp3) is 0.304. The molecule has 0 radical (unpaired) electrons. The van der Waals surface area contributed by atoms with Crippen LogP contribution < -0.4 is 10.9 Å².